The Bertz CT molecular complexity index is 603. The number of aliphatic imine (C=N–C) groups is 1. The highest BCUT2D eigenvalue weighted by atomic mass is 127. The second kappa shape index (κ2) is 10.9. The molecule has 0 aliphatic heterocycles. The maximum atomic E-state index is 12.8. The number of nitrogens with zero attached hydrogens (tertiary/aromatic N) is 1. The van der Waals surface area contributed by atoms with Crippen LogP contribution in [0.1, 0.15) is 12.7 Å². The zero-order chi connectivity index (χ0) is 16.5. The molecule has 0 saturated heterocycles. The highest BCUT2D eigenvalue weighted by molar-refractivity contribution is 14.0. The number of ether oxygens (including phenoxy) is 1. The lowest BCUT2D eigenvalue weighted by molar-refractivity contribution is 0.223. The van der Waals surface area contributed by atoms with Crippen molar-refractivity contribution in [3.05, 3.63) is 54.2 Å². The Labute approximate surface area is 158 Å². The summed E-state index contributed by atoms with van der Waals surface area (Å²) in [6.45, 7) is 3.24. The molecule has 132 valence electrons. The minimum atomic E-state index is -0.274. The summed E-state index contributed by atoms with van der Waals surface area (Å²) in [6.07, 6.45) is 2.37. The molecule has 5 nitrogen and oxygen atoms in total. The monoisotopic (exact) mass is 447 g/mol. The molecule has 0 radical (unpaired) electrons. The predicted octanol–water partition coefficient (Wildman–Crippen LogP) is 3.21. The molecule has 1 unspecified atom stereocenters. The van der Waals surface area contributed by atoms with Gasteiger partial charge in [-0.05, 0) is 43.3 Å². The molecule has 2 aromatic rings. The van der Waals surface area contributed by atoms with E-state index in [2.05, 4.69) is 15.6 Å². The minimum Gasteiger partial charge on any atom is -0.489 e. The maximum Gasteiger partial charge on any atom is 0.191 e. The first-order valence-corrected chi connectivity index (χ1v) is 7.56. The van der Waals surface area contributed by atoms with Gasteiger partial charge in [0.05, 0.1) is 12.8 Å². The molecule has 0 saturated carbocycles. The fourth-order valence-corrected chi connectivity index (χ4v) is 2.01. The van der Waals surface area contributed by atoms with Crippen molar-refractivity contribution < 1.29 is 13.5 Å². The van der Waals surface area contributed by atoms with Gasteiger partial charge in [-0.2, -0.15) is 0 Å². The molecule has 7 heteroatoms. The second-order valence-electron chi connectivity index (χ2n) is 5.09. The molecular formula is C17H23FIN3O2. The van der Waals surface area contributed by atoms with Crippen molar-refractivity contribution in [1.29, 1.82) is 0 Å². The van der Waals surface area contributed by atoms with Crippen LogP contribution in [0.3, 0.4) is 0 Å². The van der Waals surface area contributed by atoms with Gasteiger partial charge in [-0.1, -0.05) is 0 Å². The van der Waals surface area contributed by atoms with Crippen LogP contribution in [-0.4, -0.2) is 32.2 Å². The van der Waals surface area contributed by atoms with E-state index in [1.807, 2.05) is 19.1 Å². The van der Waals surface area contributed by atoms with Crippen LogP contribution in [0.4, 0.5) is 4.39 Å². The van der Waals surface area contributed by atoms with E-state index >= 15 is 0 Å². The quantitative estimate of drug-likeness (QED) is 0.389. The molecule has 2 N–H and O–H groups in total. The Morgan fingerprint density at radius 3 is 2.62 bits per heavy atom. The van der Waals surface area contributed by atoms with Crippen LogP contribution < -0.4 is 15.4 Å². The van der Waals surface area contributed by atoms with Crippen molar-refractivity contribution in [3.63, 3.8) is 0 Å². The van der Waals surface area contributed by atoms with E-state index < -0.39 is 0 Å². The number of halogens is 2. The number of rotatable bonds is 7. The normalized spacial score (nSPS) is 12.2. The first kappa shape index (κ1) is 20.3. The molecule has 1 aromatic carbocycles. The van der Waals surface area contributed by atoms with E-state index in [0.717, 1.165) is 18.7 Å². The topological polar surface area (TPSA) is 58.8 Å². The highest BCUT2D eigenvalue weighted by Crippen LogP contribution is 2.12. The lowest BCUT2D eigenvalue weighted by Crippen LogP contribution is -2.42. The number of hydrogen-bond acceptors (Lipinski definition) is 3. The SMILES string of the molecule is CN=C(NCCc1ccco1)NCC(C)Oc1ccc(F)cc1.I. The standard InChI is InChI=1S/C17H22FN3O2.HI/c1-13(23-16-7-5-14(18)6-8-16)12-21-17(19-2)20-10-9-15-4-3-11-22-15;/h3-8,11,13H,9-10,12H2,1-2H3,(H2,19,20,21);1H. The minimum absolute atomic E-state index is 0. The van der Waals surface area contributed by atoms with Gasteiger partial charge < -0.3 is 19.8 Å². The summed E-state index contributed by atoms with van der Waals surface area (Å²) < 4.78 is 23.8. The smallest absolute Gasteiger partial charge is 0.191 e. The number of nitrogens with one attached hydrogen (secondary N) is 2. The van der Waals surface area contributed by atoms with E-state index in [-0.39, 0.29) is 35.9 Å². The van der Waals surface area contributed by atoms with E-state index in [1.165, 1.54) is 12.1 Å². The summed E-state index contributed by atoms with van der Waals surface area (Å²) in [5.41, 5.74) is 0. The predicted molar refractivity (Wildman–Crippen MR) is 104 cm³/mol. The lowest BCUT2D eigenvalue weighted by Gasteiger charge is -2.17. The Balaban J connectivity index is 0.00000288. The number of guanidine groups is 1. The number of hydrogen-bond donors (Lipinski definition) is 2. The molecule has 1 atom stereocenters. The zero-order valence-electron chi connectivity index (χ0n) is 13.8. The third-order valence-corrected chi connectivity index (χ3v) is 3.18. The molecule has 0 aliphatic rings. The van der Waals surface area contributed by atoms with Gasteiger partial charge in [0.1, 0.15) is 23.4 Å². The molecule has 24 heavy (non-hydrogen) atoms. The van der Waals surface area contributed by atoms with Crippen molar-refractivity contribution in [1.82, 2.24) is 10.6 Å². The summed E-state index contributed by atoms with van der Waals surface area (Å²) >= 11 is 0. The summed E-state index contributed by atoms with van der Waals surface area (Å²) in [5, 5.41) is 6.40. The lowest BCUT2D eigenvalue weighted by atomic mass is 10.3. The van der Waals surface area contributed by atoms with E-state index in [1.54, 1.807) is 25.4 Å². The molecule has 0 amide bonds. The van der Waals surface area contributed by atoms with Crippen LogP contribution in [0.15, 0.2) is 52.1 Å². The average Bonchev–Trinajstić information content (AvgIpc) is 3.06. The first-order chi connectivity index (χ1) is 11.2. The number of furan rings is 1. The molecule has 1 heterocycles. The van der Waals surface area contributed by atoms with Gasteiger partial charge in [-0.3, -0.25) is 4.99 Å². The fraction of sp³-hybridized carbons (Fsp3) is 0.353. The van der Waals surface area contributed by atoms with Gasteiger partial charge in [-0.15, -0.1) is 24.0 Å². The molecular weight excluding hydrogens is 424 g/mol. The van der Waals surface area contributed by atoms with Crippen molar-refractivity contribution in [2.75, 3.05) is 20.1 Å². The summed E-state index contributed by atoms with van der Waals surface area (Å²) in [6, 6.07) is 9.80. The van der Waals surface area contributed by atoms with Gasteiger partial charge in [0.25, 0.3) is 0 Å². The van der Waals surface area contributed by atoms with Crippen LogP contribution >= 0.6 is 24.0 Å². The summed E-state index contributed by atoms with van der Waals surface area (Å²) in [7, 11) is 1.72. The Kier molecular flexibility index (Phi) is 9.21. The molecule has 2 rings (SSSR count). The van der Waals surface area contributed by atoms with Crippen LogP contribution in [0.25, 0.3) is 0 Å². The number of benzene rings is 1. The Morgan fingerprint density at radius 2 is 2.00 bits per heavy atom. The Morgan fingerprint density at radius 1 is 1.25 bits per heavy atom. The summed E-state index contributed by atoms with van der Waals surface area (Å²) in [4.78, 5) is 4.16. The van der Waals surface area contributed by atoms with Gasteiger partial charge in [0.15, 0.2) is 5.96 Å². The van der Waals surface area contributed by atoms with Crippen LogP contribution in [-0.2, 0) is 6.42 Å². The van der Waals surface area contributed by atoms with Gasteiger partial charge in [-0.25, -0.2) is 4.39 Å². The van der Waals surface area contributed by atoms with Crippen molar-refractivity contribution in [2.24, 2.45) is 4.99 Å². The largest absolute Gasteiger partial charge is 0.489 e. The van der Waals surface area contributed by atoms with Crippen molar-refractivity contribution in [3.8, 4) is 5.75 Å². The van der Waals surface area contributed by atoms with Gasteiger partial charge in [0.2, 0.25) is 0 Å². The van der Waals surface area contributed by atoms with Crippen molar-refractivity contribution >= 4 is 29.9 Å². The van der Waals surface area contributed by atoms with E-state index in [4.69, 9.17) is 9.15 Å². The third kappa shape index (κ3) is 7.20. The van der Waals surface area contributed by atoms with Crippen molar-refractivity contribution in [2.45, 2.75) is 19.4 Å². The van der Waals surface area contributed by atoms with Crippen LogP contribution in [0.2, 0.25) is 0 Å². The van der Waals surface area contributed by atoms with Gasteiger partial charge in [0, 0.05) is 20.0 Å². The zero-order valence-corrected chi connectivity index (χ0v) is 16.1. The Hall–Kier alpha value is -1.77. The van der Waals surface area contributed by atoms with E-state index in [0.29, 0.717) is 18.3 Å². The molecule has 0 fully saturated rings. The maximum absolute atomic E-state index is 12.8. The summed E-state index contributed by atoms with van der Waals surface area (Å²) in [5.74, 6) is 2.00. The molecule has 0 aliphatic carbocycles. The highest BCUT2D eigenvalue weighted by Gasteiger charge is 2.06. The third-order valence-electron chi connectivity index (χ3n) is 3.18. The second-order valence-corrected chi connectivity index (χ2v) is 5.09. The molecule has 0 bridgehead atoms. The fourth-order valence-electron chi connectivity index (χ4n) is 2.01. The average molecular weight is 447 g/mol. The van der Waals surface area contributed by atoms with Crippen LogP contribution in [0, 0.1) is 5.82 Å². The first-order valence-electron chi connectivity index (χ1n) is 7.56. The van der Waals surface area contributed by atoms with E-state index in [9.17, 15) is 4.39 Å². The van der Waals surface area contributed by atoms with Gasteiger partial charge >= 0.3 is 0 Å². The molecule has 0 spiro atoms. The van der Waals surface area contributed by atoms with Crippen LogP contribution in [0.5, 0.6) is 5.75 Å². The molecule has 1 aromatic heterocycles.